The van der Waals surface area contributed by atoms with Gasteiger partial charge in [0.25, 0.3) is 0 Å². The summed E-state index contributed by atoms with van der Waals surface area (Å²) in [4.78, 5) is 0.286. The van der Waals surface area contributed by atoms with Crippen molar-refractivity contribution in [1.82, 2.24) is 9.62 Å². The molecule has 0 aromatic heterocycles. The fourth-order valence-electron chi connectivity index (χ4n) is 2.61. The van der Waals surface area contributed by atoms with Gasteiger partial charge in [-0.25, -0.2) is 8.42 Å². The number of methoxy groups -OCH3 is 1. The third kappa shape index (κ3) is 3.75. The lowest BCUT2D eigenvalue weighted by atomic mass is 10.2. The largest absolute Gasteiger partial charge is 0.497 e. The molecule has 6 heteroatoms. The fraction of sp³-hybridized carbons (Fsp3) is 0.600. The van der Waals surface area contributed by atoms with Gasteiger partial charge in [-0.1, -0.05) is 6.07 Å². The van der Waals surface area contributed by atoms with Gasteiger partial charge in [0.2, 0.25) is 10.0 Å². The second-order valence-electron chi connectivity index (χ2n) is 5.64. The summed E-state index contributed by atoms with van der Waals surface area (Å²) in [7, 11) is -1.97. The summed E-state index contributed by atoms with van der Waals surface area (Å²) in [6.45, 7) is 5.30. The molecule has 0 radical (unpaired) electrons. The molecule has 1 saturated heterocycles. The van der Waals surface area contributed by atoms with Crippen LogP contribution in [0.15, 0.2) is 29.2 Å². The van der Waals surface area contributed by atoms with Crippen molar-refractivity contribution in [2.75, 3.05) is 20.2 Å². The number of sulfonamides is 1. The van der Waals surface area contributed by atoms with Crippen LogP contribution in [0.25, 0.3) is 0 Å². The summed E-state index contributed by atoms with van der Waals surface area (Å²) in [6, 6.07) is 6.81. The van der Waals surface area contributed by atoms with E-state index in [2.05, 4.69) is 5.32 Å². The molecule has 5 nitrogen and oxygen atoms in total. The van der Waals surface area contributed by atoms with Crippen LogP contribution in [0.3, 0.4) is 0 Å². The number of hydrogen-bond acceptors (Lipinski definition) is 4. The Morgan fingerprint density at radius 2 is 2.19 bits per heavy atom. The van der Waals surface area contributed by atoms with E-state index >= 15 is 0 Å². The molecule has 0 amide bonds. The third-order valence-corrected chi connectivity index (χ3v) is 5.82. The molecule has 2 rings (SSSR count). The predicted octanol–water partition coefficient (Wildman–Crippen LogP) is 1.85. The maximum Gasteiger partial charge on any atom is 0.243 e. The molecule has 1 aliphatic rings. The minimum absolute atomic E-state index is 0.0800. The molecule has 21 heavy (non-hydrogen) atoms. The van der Waals surface area contributed by atoms with E-state index in [-0.39, 0.29) is 17.0 Å². The summed E-state index contributed by atoms with van der Waals surface area (Å²) >= 11 is 0. The van der Waals surface area contributed by atoms with Gasteiger partial charge >= 0.3 is 0 Å². The van der Waals surface area contributed by atoms with Crippen LogP contribution in [0.5, 0.6) is 5.75 Å². The topological polar surface area (TPSA) is 58.6 Å². The van der Waals surface area contributed by atoms with Crippen molar-refractivity contribution in [2.45, 2.75) is 43.7 Å². The van der Waals surface area contributed by atoms with Crippen LogP contribution in [0, 0.1) is 0 Å². The molecule has 1 N–H and O–H groups in total. The van der Waals surface area contributed by atoms with Crippen molar-refractivity contribution in [3.8, 4) is 5.75 Å². The molecule has 0 saturated carbocycles. The summed E-state index contributed by atoms with van der Waals surface area (Å²) in [6.07, 6.45) is 2.13. The van der Waals surface area contributed by atoms with Crippen molar-refractivity contribution in [2.24, 2.45) is 0 Å². The zero-order chi connectivity index (χ0) is 15.5. The lowest BCUT2D eigenvalue weighted by Gasteiger charge is -2.28. The number of rotatable bonds is 6. The van der Waals surface area contributed by atoms with Gasteiger partial charge in [-0.3, -0.25) is 0 Å². The number of nitrogens with zero attached hydrogens (tertiary/aromatic N) is 1. The third-order valence-electron chi connectivity index (χ3n) is 3.79. The molecule has 1 heterocycles. The quantitative estimate of drug-likeness (QED) is 0.871. The van der Waals surface area contributed by atoms with Crippen molar-refractivity contribution >= 4 is 10.0 Å². The van der Waals surface area contributed by atoms with E-state index in [9.17, 15) is 8.42 Å². The predicted molar refractivity (Wildman–Crippen MR) is 83.0 cm³/mol. The van der Waals surface area contributed by atoms with Crippen LogP contribution in [0.4, 0.5) is 0 Å². The molecule has 1 atom stereocenters. The molecule has 1 aliphatic heterocycles. The average molecular weight is 312 g/mol. The summed E-state index contributed by atoms with van der Waals surface area (Å²) in [5.74, 6) is 0.554. The SMILES string of the molecule is COc1cccc(S(=O)(=O)N(CC2CCCN2)C(C)C)c1. The van der Waals surface area contributed by atoms with E-state index in [1.54, 1.807) is 28.6 Å². The Hall–Kier alpha value is -1.11. The van der Waals surface area contributed by atoms with Crippen LogP contribution < -0.4 is 10.1 Å². The van der Waals surface area contributed by atoms with Gasteiger partial charge in [-0.05, 0) is 45.4 Å². The number of benzene rings is 1. The first-order valence-electron chi connectivity index (χ1n) is 7.34. The molecule has 1 aromatic rings. The monoisotopic (exact) mass is 312 g/mol. The standard InChI is InChI=1S/C15H24N2O3S/c1-12(2)17(11-13-6-5-9-16-13)21(18,19)15-8-4-7-14(10-15)20-3/h4,7-8,10,12-13,16H,5-6,9,11H2,1-3H3. The summed E-state index contributed by atoms with van der Waals surface area (Å²) in [5.41, 5.74) is 0. The van der Waals surface area contributed by atoms with Gasteiger partial charge in [0.1, 0.15) is 5.75 Å². The highest BCUT2D eigenvalue weighted by Gasteiger charge is 2.30. The first-order chi connectivity index (χ1) is 9.95. The van der Waals surface area contributed by atoms with Crippen molar-refractivity contribution in [3.63, 3.8) is 0 Å². The molecule has 0 bridgehead atoms. The number of nitrogens with one attached hydrogen (secondary N) is 1. The second-order valence-corrected chi connectivity index (χ2v) is 7.53. The molecule has 0 spiro atoms. The molecule has 1 aromatic carbocycles. The maximum absolute atomic E-state index is 12.9. The van der Waals surface area contributed by atoms with Crippen molar-refractivity contribution in [3.05, 3.63) is 24.3 Å². The van der Waals surface area contributed by atoms with E-state index in [0.717, 1.165) is 19.4 Å². The highest BCUT2D eigenvalue weighted by atomic mass is 32.2. The van der Waals surface area contributed by atoms with Crippen LogP contribution in [0.1, 0.15) is 26.7 Å². The first-order valence-corrected chi connectivity index (χ1v) is 8.78. The van der Waals surface area contributed by atoms with Gasteiger partial charge in [-0.2, -0.15) is 4.31 Å². The second kappa shape index (κ2) is 6.77. The highest BCUT2D eigenvalue weighted by Crippen LogP contribution is 2.23. The van der Waals surface area contributed by atoms with E-state index in [1.165, 1.54) is 7.11 Å². The van der Waals surface area contributed by atoms with E-state index < -0.39 is 10.0 Å². The molecule has 1 fully saturated rings. The molecule has 1 unspecified atom stereocenters. The van der Waals surface area contributed by atoms with Gasteiger partial charge < -0.3 is 10.1 Å². The van der Waals surface area contributed by atoms with Crippen molar-refractivity contribution < 1.29 is 13.2 Å². The van der Waals surface area contributed by atoms with Gasteiger partial charge in [0.05, 0.1) is 12.0 Å². The molecular weight excluding hydrogens is 288 g/mol. The zero-order valence-corrected chi connectivity index (χ0v) is 13.7. The first kappa shape index (κ1) is 16.3. The minimum atomic E-state index is -3.51. The smallest absolute Gasteiger partial charge is 0.243 e. The maximum atomic E-state index is 12.9. The van der Waals surface area contributed by atoms with Gasteiger partial charge in [-0.15, -0.1) is 0 Å². The normalized spacial score (nSPS) is 19.4. The molecule has 118 valence electrons. The Bertz CT molecular complexity index is 566. The lowest BCUT2D eigenvalue weighted by molar-refractivity contribution is 0.322. The van der Waals surface area contributed by atoms with Crippen LogP contribution in [0.2, 0.25) is 0 Å². The Morgan fingerprint density at radius 3 is 2.76 bits per heavy atom. The number of hydrogen-bond donors (Lipinski definition) is 1. The Balaban J connectivity index is 2.27. The summed E-state index contributed by atoms with van der Waals surface area (Å²) < 4.78 is 32.4. The lowest BCUT2D eigenvalue weighted by Crippen LogP contribution is -2.44. The van der Waals surface area contributed by atoms with Gasteiger partial charge in [0.15, 0.2) is 0 Å². The Kier molecular flexibility index (Phi) is 5.24. The van der Waals surface area contributed by atoms with Gasteiger partial charge in [0, 0.05) is 24.7 Å². The van der Waals surface area contributed by atoms with E-state index in [1.807, 2.05) is 13.8 Å². The zero-order valence-electron chi connectivity index (χ0n) is 12.9. The molecule has 0 aliphatic carbocycles. The highest BCUT2D eigenvalue weighted by molar-refractivity contribution is 7.89. The van der Waals surface area contributed by atoms with Crippen LogP contribution in [-0.2, 0) is 10.0 Å². The minimum Gasteiger partial charge on any atom is -0.497 e. The van der Waals surface area contributed by atoms with E-state index in [4.69, 9.17) is 4.74 Å². The Morgan fingerprint density at radius 1 is 1.43 bits per heavy atom. The van der Waals surface area contributed by atoms with Crippen LogP contribution in [-0.4, -0.2) is 45.0 Å². The van der Waals surface area contributed by atoms with E-state index in [0.29, 0.717) is 12.3 Å². The number of ether oxygens (including phenoxy) is 1. The molecular formula is C15H24N2O3S. The fourth-order valence-corrected chi connectivity index (χ4v) is 4.33. The van der Waals surface area contributed by atoms with Crippen molar-refractivity contribution in [1.29, 1.82) is 0 Å². The van der Waals surface area contributed by atoms with Crippen LogP contribution >= 0.6 is 0 Å². The average Bonchev–Trinajstić information content (AvgIpc) is 2.97. The summed E-state index contributed by atoms with van der Waals surface area (Å²) in [5, 5.41) is 3.36. The Labute approximate surface area is 127 Å².